The van der Waals surface area contributed by atoms with Crippen molar-refractivity contribution in [1.82, 2.24) is 0 Å². The number of ether oxygens (including phenoxy) is 3. The molecule has 8 heteroatoms. The topological polar surface area (TPSA) is 102 Å². The van der Waals surface area contributed by atoms with Crippen molar-refractivity contribution in [3.05, 3.63) is 0 Å². The number of esters is 2. The Labute approximate surface area is 175 Å². The molecule has 29 heavy (non-hydrogen) atoms. The minimum absolute atomic E-state index is 0.0392. The Hall–Kier alpha value is -1.67. The number of carboxylic acids is 1. The first-order valence-electron chi connectivity index (χ1n) is 10.6. The maximum Gasteiger partial charge on any atom is 0.306 e. The fraction of sp³-hybridized carbons (Fsp3) is 0.857. The Morgan fingerprint density at radius 3 is 2.07 bits per heavy atom. The van der Waals surface area contributed by atoms with Crippen molar-refractivity contribution in [2.75, 3.05) is 41.0 Å². The van der Waals surface area contributed by atoms with E-state index in [-0.39, 0.29) is 42.7 Å². The molecule has 0 saturated carbocycles. The lowest BCUT2D eigenvalue weighted by Crippen LogP contribution is -2.55. The van der Waals surface area contributed by atoms with Crippen molar-refractivity contribution >= 4 is 17.9 Å². The first kappa shape index (κ1) is 27.3. The van der Waals surface area contributed by atoms with E-state index in [1.54, 1.807) is 21.1 Å². The van der Waals surface area contributed by atoms with E-state index in [1.807, 2.05) is 13.8 Å². The number of carboxylic acid groups (broad SMARTS) is 1. The predicted molar refractivity (Wildman–Crippen MR) is 107 cm³/mol. The molecular weight excluding hydrogens is 378 g/mol. The average Bonchev–Trinajstić information content (AvgIpc) is 2.62. The smallest absolute Gasteiger partial charge is 0.306 e. The number of hydrogen-bond donors (Lipinski definition) is 0. The Morgan fingerprint density at radius 1 is 0.897 bits per heavy atom. The second-order valence-electron chi connectivity index (χ2n) is 8.17. The number of quaternary nitrogens is 1. The van der Waals surface area contributed by atoms with Crippen LogP contribution in [0.2, 0.25) is 0 Å². The normalized spacial score (nSPS) is 13.6. The molecule has 0 amide bonds. The first-order valence-corrected chi connectivity index (χ1v) is 10.6. The number of carbonyl (C=O) groups is 3. The molecule has 0 saturated heterocycles. The third-order valence-electron chi connectivity index (χ3n) is 4.49. The van der Waals surface area contributed by atoms with Crippen LogP contribution in [0.3, 0.4) is 0 Å². The molecule has 0 rings (SSSR count). The molecule has 0 aromatic heterocycles. The summed E-state index contributed by atoms with van der Waals surface area (Å²) < 4.78 is 16.4. The van der Waals surface area contributed by atoms with Crippen LogP contribution in [0.5, 0.6) is 0 Å². The van der Waals surface area contributed by atoms with Crippen LogP contribution in [0.4, 0.5) is 0 Å². The molecule has 0 heterocycles. The minimum Gasteiger partial charge on any atom is -0.544 e. The molecule has 0 fully saturated rings. The van der Waals surface area contributed by atoms with E-state index in [9.17, 15) is 19.5 Å². The van der Waals surface area contributed by atoms with E-state index >= 15 is 0 Å². The zero-order valence-corrected chi connectivity index (χ0v) is 18.7. The summed E-state index contributed by atoms with van der Waals surface area (Å²) in [6.45, 7) is 4.17. The molecule has 0 aliphatic carbocycles. The van der Waals surface area contributed by atoms with E-state index in [1.165, 1.54) is 0 Å². The second kappa shape index (κ2) is 15.2. The molecule has 0 aliphatic rings. The third-order valence-corrected chi connectivity index (χ3v) is 4.49. The summed E-state index contributed by atoms with van der Waals surface area (Å²) >= 11 is 0. The van der Waals surface area contributed by atoms with E-state index in [0.29, 0.717) is 12.8 Å². The lowest BCUT2D eigenvalue weighted by atomic mass is 10.1. The van der Waals surface area contributed by atoms with Crippen LogP contribution in [0.15, 0.2) is 0 Å². The lowest BCUT2D eigenvalue weighted by molar-refractivity contribution is -0.889. The zero-order chi connectivity index (χ0) is 22.3. The maximum absolute atomic E-state index is 12.0. The SMILES string of the molecule is CCCCCC(=O)OC(COCCC(C(=O)[O-])[N+](C)(C)C)COC(=O)CCCC. The fourth-order valence-corrected chi connectivity index (χ4v) is 2.69. The Morgan fingerprint density at radius 2 is 1.52 bits per heavy atom. The van der Waals surface area contributed by atoms with Gasteiger partial charge in [0.15, 0.2) is 6.10 Å². The van der Waals surface area contributed by atoms with Crippen molar-refractivity contribution in [3.63, 3.8) is 0 Å². The number of nitrogens with zero attached hydrogens (tertiary/aromatic N) is 1. The summed E-state index contributed by atoms with van der Waals surface area (Å²) in [5, 5.41) is 11.3. The first-order chi connectivity index (χ1) is 13.6. The molecule has 8 nitrogen and oxygen atoms in total. The summed E-state index contributed by atoms with van der Waals surface area (Å²) in [5.74, 6) is -1.82. The van der Waals surface area contributed by atoms with Gasteiger partial charge in [-0.25, -0.2) is 0 Å². The summed E-state index contributed by atoms with van der Waals surface area (Å²) in [6, 6.07) is -0.711. The van der Waals surface area contributed by atoms with Gasteiger partial charge in [0.1, 0.15) is 12.6 Å². The van der Waals surface area contributed by atoms with E-state index in [4.69, 9.17) is 14.2 Å². The molecule has 170 valence electrons. The summed E-state index contributed by atoms with van der Waals surface area (Å²) in [6.07, 6.45) is 4.51. The summed E-state index contributed by atoms with van der Waals surface area (Å²) in [7, 11) is 5.32. The lowest BCUT2D eigenvalue weighted by Gasteiger charge is -2.34. The molecule has 0 bridgehead atoms. The molecule has 0 aliphatic heterocycles. The summed E-state index contributed by atoms with van der Waals surface area (Å²) in [4.78, 5) is 35.0. The maximum atomic E-state index is 12.0. The number of hydrogen-bond acceptors (Lipinski definition) is 7. The standard InChI is InChI=1S/C21H39NO7/c1-6-8-10-12-20(24)29-17(16-28-19(23)11-9-7-2)15-27-14-13-18(21(25)26)22(3,4)5/h17-18H,6-16H2,1-5H3. The van der Waals surface area contributed by atoms with Crippen molar-refractivity contribution in [3.8, 4) is 0 Å². The molecule has 2 atom stereocenters. The third kappa shape index (κ3) is 14.0. The quantitative estimate of drug-likeness (QED) is 0.200. The monoisotopic (exact) mass is 417 g/mol. The van der Waals surface area contributed by atoms with Crippen LogP contribution >= 0.6 is 0 Å². The minimum atomic E-state index is -1.13. The van der Waals surface area contributed by atoms with Crippen molar-refractivity contribution in [2.45, 2.75) is 77.4 Å². The number of rotatable bonds is 17. The van der Waals surface area contributed by atoms with Gasteiger partial charge in [0.05, 0.1) is 40.3 Å². The highest BCUT2D eigenvalue weighted by atomic mass is 16.6. The van der Waals surface area contributed by atoms with Gasteiger partial charge >= 0.3 is 11.9 Å². The van der Waals surface area contributed by atoms with Gasteiger partial charge in [-0.2, -0.15) is 0 Å². The van der Waals surface area contributed by atoms with Crippen molar-refractivity contribution < 1.29 is 38.2 Å². The second-order valence-corrected chi connectivity index (χ2v) is 8.17. The predicted octanol–water partition coefficient (Wildman–Crippen LogP) is 1.44. The van der Waals surface area contributed by atoms with Crippen LogP contribution < -0.4 is 5.11 Å². The van der Waals surface area contributed by atoms with Crippen LogP contribution in [0.25, 0.3) is 0 Å². The Bertz CT molecular complexity index is 488. The van der Waals surface area contributed by atoms with Crippen LogP contribution in [-0.2, 0) is 28.6 Å². The molecule has 0 spiro atoms. The van der Waals surface area contributed by atoms with Gasteiger partial charge in [-0.3, -0.25) is 9.59 Å². The highest BCUT2D eigenvalue weighted by Gasteiger charge is 2.25. The molecule has 0 aromatic rings. The molecule has 0 radical (unpaired) electrons. The van der Waals surface area contributed by atoms with E-state index in [0.717, 1.165) is 32.1 Å². The van der Waals surface area contributed by atoms with Gasteiger partial charge in [-0.05, 0) is 12.8 Å². The van der Waals surface area contributed by atoms with Gasteiger partial charge in [-0.15, -0.1) is 0 Å². The molecule has 0 aromatic carbocycles. The number of likely N-dealkylation sites (N-methyl/N-ethyl adjacent to an activating group) is 1. The van der Waals surface area contributed by atoms with Gasteiger partial charge in [0.2, 0.25) is 0 Å². The zero-order valence-electron chi connectivity index (χ0n) is 18.7. The van der Waals surface area contributed by atoms with Gasteiger partial charge in [0, 0.05) is 19.3 Å². The number of aliphatic carboxylic acids is 1. The Kier molecular flexibility index (Phi) is 14.3. The fourth-order valence-electron chi connectivity index (χ4n) is 2.69. The van der Waals surface area contributed by atoms with Gasteiger partial charge in [-0.1, -0.05) is 33.1 Å². The van der Waals surface area contributed by atoms with Crippen molar-refractivity contribution in [2.24, 2.45) is 0 Å². The van der Waals surface area contributed by atoms with Gasteiger partial charge < -0.3 is 28.6 Å². The average molecular weight is 418 g/mol. The highest BCUT2D eigenvalue weighted by Crippen LogP contribution is 2.09. The van der Waals surface area contributed by atoms with E-state index < -0.39 is 18.1 Å². The molecule has 0 N–H and O–H groups in total. The largest absolute Gasteiger partial charge is 0.544 e. The highest BCUT2D eigenvalue weighted by molar-refractivity contribution is 5.70. The molecular formula is C21H39NO7. The van der Waals surface area contributed by atoms with E-state index in [2.05, 4.69) is 0 Å². The number of unbranched alkanes of at least 4 members (excludes halogenated alkanes) is 3. The summed E-state index contributed by atoms with van der Waals surface area (Å²) in [5.41, 5.74) is 0. The van der Waals surface area contributed by atoms with Crippen molar-refractivity contribution in [1.29, 1.82) is 0 Å². The van der Waals surface area contributed by atoms with Crippen LogP contribution in [0, 0.1) is 0 Å². The number of carbonyl (C=O) groups excluding carboxylic acids is 3. The van der Waals surface area contributed by atoms with Gasteiger partial charge in [0.25, 0.3) is 0 Å². The Balaban J connectivity index is 4.57. The molecule has 2 unspecified atom stereocenters. The van der Waals surface area contributed by atoms with Crippen LogP contribution in [0.1, 0.15) is 65.2 Å². The van der Waals surface area contributed by atoms with Crippen LogP contribution in [-0.4, -0.2) is 75.5 Å².